The van der Waals surface area contributed by atoms with Gasteiger partial charge in [-0.1, -0.05) is 47.6 Å². The molecule has 2 heterocycles. The van der Waals surface area contributed by atoms with E-state index in [4.69, 9.17) is 0 Å². The molecule has 0 atom stereocenters. The van der Waals surface area contributed by atoms with Crippen molar-refractivity contribution in [3.05, 3.63) is 47.5 Å². The third-order valence-corrected chi connectivity index (χ3v) is 3.82. The van der Waals surface area contributed by atoms with E-state index < -0.39 is 0 Å². The first-order valence-corrected chi connectivity index (χ1v) is 8.73. The largest absolute Gasteiger partial charge is 0.267 e. The highest BCUT2D eigenvalue weighted by Crippen LogP contribution is 2.23. The second-order valence-electron chi connectivity index (χ2n) is 7.24. The predicted molar refractivity (Wildman–Crippen MR) is 99.1 cm³/mol. The van der Waals surface area contributed by atoms with E-state index in [1.807, 2.05) is 18.5 Å². The van der Waals surface area contributed by atoms with Crippen LogP contribution in [0.2, 0.25) is 0 Å². The van der Waals surface area contributed by atoms with Crippen molar-refractivity contribution >= 4 is 0 Å². The molecule has 0 radical (unpaired) electrons. The van der Waals surface area contributed by atoms with Crippen LogP contribution in [0.1, 0.15) is 96.1 Å². The SMILES string of the molecule is CC(C)c1cccnc1C(C)C.CC(C)c1ccnn1C(C)C. The van der Waals surface area contributed by atoms with Gasteiger partial charge >= 0.3 is 0 Å². The van der Waals surface area contributed by atoms with Gasteiger partial charge in [-0.15, -0.1) is 0 Å². The van der Waals surface area contributed by atoms with Crippen LogP contribution >= 0.6 is 0 Å². The molecule has 0 amide bonds. The van der Waals surface area contributed by atoms with Crippen molar-refractivity contribution in [2.75, 3.05) is 0 Å². The van der Waals surface area contributed by atoms with Gasteiger partial charge in [0.05, 0.1) is 0 Å². The third-order valence-electron chi connectivity index (χ3n) is 3.82. The standard InChI is InChI=1S/C11H17N.C9H16N2/c1-8(2)10-6-5-7-12-11(10)9(3)4;1-7(2)9-5-6-10-11(9)8(3)4/h5-9H,1-4H3;5-8H,1-4H3. The Balaban J connectivity index is 0.000000231. The Labute approximate surface area is 142 Å². The van der Waals surface area contributed by atoms with Crippen molar-refractivity contribution in [1.29, 1.82) is 0 Å². The van der Waals surface area contributed by atoms with Crippen molar-refractivity contribution in [2.45, 2.75) is 79.2 Å². The highest BCUT2D eigenvalue weighted by Gasteiger charge is 2.09. The maximum absolute atomic E-state index is 4.40. The number of rotatable bonds is 4. The number of nitrogens with zero attached hydrogens (tertiary/aromatic N) is 3. The molecule has 3 heteroatoms. The van der Waals surface area contributed by atoms with Gasteiger partial charge in [-0.2, -0.15) is 5.10 Å². The molecule has 0 aromatic carbocycles. The molecule has 0 bridgehead atoms. The van der Waals surface area contributed by atoms with E-state index in [1.54, 1.807) is 0 Å². The first-order chi connectivity index (χ1) is 10.8. The lowest BCUT2D eigenvalue weighted by Gasteiger charge is -2.13. The second-order valence-corrected chi connectivity index (χ2v) is 7.24. The predicted octanol–water partition coefficient (Wildman–Crippen LogP) is 5.92. The molecule has 128 valence electrons. The van der Waals surface area contributed by atoms with Crippen LogP contribution in [-0.4, -0.2) is 14.8 Å². The van der Waals surface area contributed by atoms with Gasteiger partial charge < -0.3 is 0 Å². The van der Waals surface area contributed by atoms with Gasteiger partial charge in [0.25, 0.3) is 0 Å². The maximum Gasteiger partial charge on any atom is 0.0492 e. The molecule has 0 spiro atoms. The normalized spacial score (nSPS) is 11.3. The molecule has 0 N–H and O–H groups in total. The van der Waals surface area contributed by atoms with E-state index in [0.29, 0.717) is 23.8 Å². The Kier molecular flexibility index (Phi) is 7.47. The van der Waals surface area contributed by atoms with Crippen molar-refractivity contribution in [2.24, 2.45) is 0 Å². The van der Waals surface area contributed by atoms with Crippen LogP contribution in [0.15, 0.2) is 30.6 Å². The first-order valence-electron chi connectivity index (χ1n) is 8.73. The average Bonchev–Trinajstić information content (AvgIpc) is 2.97. The zero-order valence-electron chi connectivity index (χ0n) is 16.0. The molecule has 0 fully saturated rings. The minimum absolute atomic E-state index is 0.474. The Morgan fingerprint density at radius 3 is 1.83 bits per heavy atom. The fraction of sp³-hybridized carbons (Fsp3) is 0.600. The number of aromatic nitrogens is 3. The monoisotopic (exact) mass is 315 g/mol. The quantitative estimate of drug-likeness (QED) is 0.701. The zero-order valence-corrected chi connectivity index (χ0v) is 16.0. The summed E-state index contributed by atoms with van der Waals surface area (Å²) in [6, 6.07) is 6.75. The smallest absolute Gasteiger partial charge is 0.0492 e. The van der Waals surface area contributed by atoms with Crippen molar-refractivity contribution in [3.8, 4) is 0 Å². The van der Waals surface area contributed by atoms with Crippen molar-refractivity contribution < 1.29 is 0 Å². The van der Waals surface area contributed by atoms with E-state index >= 15 is 0 Å². The molecule has 0 unspecified atom stereocenters. The molecular formula is C20H33N3. The summed E-state index contributed by atoms with van der Waals surface area (Å²) in [6.45, 7) is 17.5. The molecule has 0 aliphatic rings. The van der Waals surface area contributed by atoms with Crippen LogP contribution in [-0.2, 0) is 0 Å². The summed E-state index contributed by atoms with van der Waals surface area (Å²) < 4.78 is 2.07. The van der Waals surface area contributed by atoms with Crippen LogP contribution in [0.3, 0.4) is 0 Å². The highest BCUT2D eigenvalue weighted by atomic mass is 15.3. The minimum atomic E-state index is 0.474. The summed E-state index contributed by atoms with van der Waals surface area (Å²) in [5, 5.41) is 4.25. The van der Waals surface area contributed by atoms with E-state index in [1.165, 1.54) is 17.0 Å². The highest BCUT2D eigenvalue weighted by molar-refractivity contribution is 5.25. The number of hydrogen-bond donors (Lipinski definition) is 0. The Hall–Kier alpha value is -1.64. The fourth-order valence-electron chi connectivity index (χ4n) is 2.61. The molecule has 0 aliphatic heterocycles. The summed E-state index contributed by atoms with van der Waals surface area (Å²) in [5.41, 5.74) is 3.94. The van der Waals surface area contributed by atoms with Crippen LogP contribution in [0.25, 0.3) is 0 Å². The van der Waals surface area contributed by atoms with E-state index in [2.05, 4.69) is 82.3 Å². The summed E-state index contributed by atoms with van der Waals surface area (Å²) >= 11 is 0. The first kappa shape index (κ1) is 19.4. The zero-order chi connectivity index (χ0) is 17.6. The molecular weight excluding hydrogens is 282 g/mol. The van der Waals surface area contributed by atoms with E-state index in [-0.39, 0.29) is 0 Å². The van der Waals surface area contributed by atoms with Crippen LogP contribution in [0.4, 0.5) is 0 Å². The van der Waals surface area contributed by atoms with E-state index in [9.17, 15) is 0 Å². The van der Waals surface area contributed by atoms with Crippen LogP contribution < -0.4 is 0 Å². The van der Waals surface area contributed by atoms with Gasteiger partial charge in [0, 0.05) is 29.8 Å². The molecule has 2 aromatic heterocycles. The molecule has 3 nitrogen and oxygen atoms in total. The Bertz CT molecular complexity index is 531. The Morgan fingerprint density at radius 2 is 1.43 bits per heavy atom. The lowest BCUT2D eigenvalue weighted by molar-refractivity contribution is 0.498. The lowest BCUT2D eigenvalue weighted by Crippen LogP contribution is -2.08. The summed E-state index contributed by atoms with van der Waals surface area (Å²) in [6.07, 6.45) is 3.75. The fourth-order valence-corrected chi connectivity index (χ4v) is 2.61. The van der Waals surface area contributed by atoms with Crippen molar-refractivity contribution in [3.63, 3.8) is 0 Å². The summed E-state index contributed by atoms with van der Waals surface area (Å²) in [7, 11) is 0. The average molecular weight is 316 g/mol. The number of hydrogen-bond acceptors (Lipinski definition) is 2. The summed E-state index contributed by atoms with van der Waals surface area (Å²) in [4.78, 5) is 4.40. The topological polar surface area (TPSA) is 30.7 Å². The Morgan fingerprint density at radius 1 is 0.783 bits per heavy atom. The molecule has 0 aliphatic carbocycles. The molecule has 2 rings (SSSR count). The van der Waals surface area contributed by atoms with Gasteiger partial charge in [-0.05, 0) is 49.3 Å². The maximum atomic E-state index is 4.40. The van der Waals surface area contributed by atoms with Crippen LogP contribution in [0, 0.1) is 0 Å². The molecule has 23 heavy (non-hydrogen) atoms. The van der Waals surface area contributed by atoms with Gasteiger partial charge in [0.15, 0.2) is 0 Å². The van der Waals surface area contributed by atoms with Crippen LogP contribution in [0.5, 0.6) is 0 Å². The molecule has 2 aromatic rings. The number of pyridine rings is 1. The van der Waals surface area contributed by atoms with Gasteiger partial charge in [0.1, 0.15) is 0 Å². The van der Waals surface area contributed by atoms with Crippen molar-refractivity contribution in [1.82, 2.24) is 14.8 Å². The van der Waals surface area contributed by atoms with Gasteiger partial charge in [-0.3, -0.25) is 9.67 Å². The lowest BCUT2D eigenvalue weighted by atomic mass is 9.96. The molecule has 0 saturated heterocycles. The minimum Gasteiger partial charge on any atom is -0.267 e. The van der Waals surface area contributed by atoms with Gasteiger partial charge in [0.2, 0.25) is 0 Å². The van der Waals surface area contributed by atoms with Gasteiger partial charge in [-0.25, -0.2) is 0 Å². The molecule has 0 saturated carbocycles. The summed E-state index contributed by atoms with van der Waals surface area (Å²) in [5.74, 6) is 1.68. The van der Waals surface area contributed by atoms with E-state index in [0.717, 1.165) is 0 Å². The third kappa shape index (κ3) is 5.49. The second kappa shape index (κ2) is 8.85.